The summed E-state index contributed by atoms with van der Waals surface area (Å²) < 4.78 is 15.1. The highest BCUT2D eigenvalue weighted by Crippen LogP contribution is 2.30. The van der Waals surface area contributed by atoms with Crippen molar-refractivity contribution in [3.63, 3.8) is 0 Å². The normalized spacial score (nSPS) is 46.4. The van der Waals surface area contributed by atoms with E-state index in [2.05, 4.69) is 10.7 Å². The molecule has 13 nitrogen and oxygen atoms in total. The fourth-order valence-electron chi connectivity index (χ4n) is 2.53. The molecular formula is C13H27NO12. The molecule has 0 aromatic carbocycles. The van der Waals surface area contributed by atoms with Crippen LogP contribution in [0.1, 0.15) is 0 Å². The Labute approximate surface area is 148 Å². The monoisotopic (exact) mass is 389 g/mol. The molecule has 26 heavy (non-hydrogen) atoms. The minimum atomic E-state index is -2.38. The van der Waals surface area contributed by atoms with E-state index in [9.17, 15) is 35.7 Å². The predicted octanol–water partition coefficient (Wildman–Crippen LogP) is -5.89. The summed E-state index contributed by atoms with van der Waals surface area (Å²) in [5, 5.41) is 77.2. The lowest BCUT2D eigenvalue weighted by Gasteiger charge is -2.47. The second-order valence-electron chi connectivity index (χ2n) is 5.86. The van der Waals surface area contributed by atoms with E-state index in [1.165, 1.54) is 7.11 Å². The molecule has 156 valence electrons. The van der Waals surface area contributed by atoms with Crippen molar-refractivity contribution in [1.82, 2.24) is 0 Å². The molecule has 0 radical (unpaired) electrons. The molecular weight excluding hydrogens is 362 g/mol. The zero-order valence-electron chi connectivity index (χ0n) is 14.0. The summed E-state index contributed by atoms with van der Waals surface area (Å²) in [4.78, 5) is 3.75. The Morgan fingerprint density at radius 3 is 2.12 bits per heavy atom. The van der Waals surface area contributed by atoms with Gasteiger partial charge < -0.3 is 59.9 Å². The first-order valence-corrected chi connectivity index (χ1v) is 7.69. The smallest absolute Gasteiger partial charge is 0.219 e. The maximum atomic E-state index is 10.1. The minimum Gasteiger partial charge on any atom is -0.394 e. The van der Waals surface area contributed by atoms with E-state index in [0.717, 1.165) is 0 Å². The Hall–Kier alpha value is -0.520. The molecule has 2 rings (SSSR count). The van der Waals surface area contributed by atoms with Gasteiger partial charge in [-0.25, -0.2) is 5.90 Å². The van der Waals surface area contributed by atoms with Crippen molar-refractivity contribution in [3.05, 3.63) is 0 Å². The van der Waals surface area contributed by atoms with Gasteiger partial charge in [0, 0.05) is 0 Å². The van der Waals surface area contributed by atoms with Crippen LogP contribution < -0.4 is 5.90 Å². The van der Waals surface area contributed by atoms with Crippen LogP contribution in [0, 0.1) is 0 Å². The SMILES string of the molecule is CON.OC[C@H]1O[C@H](O[C@H]2[C@H](O)[C@H](O)COC2(O)CO)[C@H](O)[C@@H](O)[C@@H]1O. The minimum absolute atomic E-state index is 0.466. The van der Waals surface area contributed by atoms with Crippen LogP contribution in [0.4, 0.5) is 0 Å². The summed E-state index contributed by atoms with van der Waals surface area (Å²) in [6.45, 7) is -2.15. The molecule has 2 saturated heterocycles. The Kier molecular flexibility index (Phi) is 9.17. The molecule has 0 aromatic heterocycles. The van der Waals surface area contributed by atoms with Crippen molar-refractivity contribution in [2.45, 2.75) is 54.8 Å². The Morgan fingerprint density at radius 2 is 1.62 bits per heavy atom. The van der Waals surface area contributed by atoms with E-state index in [-0.39, 0.29) is 0 Å². The molecule has 2 aliphatic rings. The third-order valence-corrected chi connectivity index (χ3v) is 4.01. The molecule has 0 aliphatic carbocycles. The first-order chi connectivity index (χ1) is 12.2. The quantitative estimate of drug-likeness (QED) is 0.204. The lowest BCUT2D eigenvalue weighted by Crippen LogP contribution is -2.67. The first kappa shape index (κ1) is 23.5. The van der Waals surface area contributed by atoms with Crippen LogP contribution in [0.15, 0.2) is 0 Å². The van der Waals surface area contributed by atoms with Crippen molar-refractivity contribution < 1.29 is 59.9 Å². The number of hydrogen-bond donors (Lipinski definition) is 9. The average molecular weight is 389 g/mol. The average Bonchev–Trinajstić information content (AvgIpc) is 2.62. The molecule has 13 heteroatoms. The maximum Gasteiger partial charge on any atom is 0.219 e. The molecule has 0 bridgehead atoms. The fraction of sp³-hybridized carbons (Fsp3) is 1.00. The molecule has 2 aliphatic heterocycles. The van der Waals surface area contributed by atoms with Crippen LogP contribution in [0.25, 0.3) is 0 Å². The number of aliphatic hydroxyl groups is 8. The van der Waals surface area contributed by atoms with Gasteiger partial charge in [-0.3, -0.25) is 0 Å². The van der Waals surface area contributed by atoms with Crippen LogP contribution in [0.2, 0.25) is 0 Å². The van der Waals surface area contributed by atoms with Crippen molar-refractivity contribution in [2.24, 2.45) is 5.90 Å². The van der Waals surface area contributed by atoms with Gasteiger partial charge in [-0.1, -0.05) is 0 Å². The number of hydrogen-bond acceptors (Lipinski definition) is 13. The van der Waals surface area contributed by atoms with Crippen LogP contribution in [-0.4, -0.2) is 123 Å². The lowest BCUT2D eigenvalue weighted by molar-refractivity contribution is -0.387. The Morgan fingerprint density at radius 1 is 1.04 bits per heavy atom. The van der Waals surface area contributed by atoms with Gasteiger partial charge in [0.2, 0.25) is 5.79 Å². The standard InChI is InChI=1S/C12H22O11.CH5NO/c13-1-5-7(17)8(18)9(19)11(22-5)23-10-6(16)4(15)2-21-12(10,20)3-14;1-3-2/h4-11,13-20H,1-3H2;2H2,1H3/t4-,5-,6-,7-,8+,9-,10+,11-,12?;/m1./s1. The van der Waals surface area contributed by atoms with Gasteiger partial charge in [0.25, 0.3) is 0 Å². The Balaban J connectivity index is 0.00000105. The summed E-state index contributed by atoms with van der Waals surface area (Å²) in [5.41, 5.74) is 0. The van der Waals surface area contributed by atoms with Gasteiger partial charge >= 0.3 is 0 Å². The van der Waals surface area contributed by atoms with Gasteiger partial charge in [-0.05, 0) is 0 Å². The fourth-order valence-corrected chi connectivity index (χ4v) is 2.53. The van der Waals surface area contributed by atoms with E-state index >= 15 is 0 Å². The molecule has 9 atom stereocenters. The van der Waals surface area contributed by atoms with Crippen LogP contribution in [0.3, 0.4) is 0 Å². The second-order valence-corrected chi connectivity index (χ2v) is 5.86. The number of aliphatic hydroxyl groups excluding tert-OH is 7. The number of ether oxygens (including phenoxy) is 3. The van der Waals surface area contributed by atoms with E-state index in [4.69, 9.17) is 19.3 Å². The van der Waals surface area contributed by atoms with Crippen molar-refractivity contribution in [1.29, 1.82) is 0 Å². The highest BCUT2D eigenvalue weighted by Gasteiger charge is 2.53. The van der Waals surface area contributed by atoms with E-state index < -0.39 is 74.6 Å². The van der Waals surface area contributed by atoms with Gasteiger partial charge in [0.15, 0.2) is 6.29 Å². The highest BCUT2D eigenvalue weighted by atomic mass is 16.7. The molecule has 0 amide bonds. The molecule has 0 saturated carbocycles. The third kappa shape index (κ3) is 5.05. The van der Waals surface area contributed by atoms with E-state index in [1.807, 2.05) is 0 Å². The third-order valence-electron chi connectivity index (χ3n) is 4.01. The molecule has 1 unspecified atom stereocenters. The molecule has 0 aromatic rings. The molecule has 2 heterocycles. The molecule has 10 N–H and O–H groups in total. The van der Waals surface area contributed by atoms with Gasteiger partial charge in [0.05, 0.1) is 26.9 Å². The zero-order chi connectivity index (χ0) is 20.1. The molecule has 0 spiro atoms. The predicted molar refractivity (Wildman–Crippen MR) is 79.8 cm³/mol. The summed E-state index contributed by atoms with van der Waals surface area (Å²) >= 11 is 0. The van der Waals surface area contributed by atoms with E-state index in [0.29, 0.717) is 0 Å². The number of rotatable bonds is 4. The van der Waals surface area contributed by atoms with Crippen LogP contribution in [0.5, 0.6) is 0 Å². The van der Waals surface area contributed by atoms with Gasteiger partial charge in [0.1, 0.15) is 42.7 Å². The van der Waals surface area contributed by atoms with Crippen molar-refractivity contribution in [3.8, 4) is 0 Å². The zero-order valence-corrected chi connectivity index (χ0v) is 14.0. The first-order valence-electron chi connectivity index (χ1n) is 7.69. The Bertz CT molecular complexity index is 415. The maximum absolute atomic E-state index is 10.1. The largest absolute Gasteiger partial charge is 0.394 e. The summed E-state index contributed by atoms with van der Waals surface area (Å²) in [6.07, 6.45) is -12.9. The summed E-state index contributed by atoms with van der Waals surface area (Å²) in [5.74, 6) is 1.97. The van der Waals surface area contributed by atoms with E-state index in [1.54, 1.807) is 0 Å². The van der Waals surface area contributed by atoms with Gasteiger partial charge in [-0.2, -0.15) is 0 Å². The lowest BCUT2D eigenvalue weighted by atomic mass is 9.96. The highest BCUT2D eigenvalue weighted by molar-refractivity contribution is 4.95. The second kappa shape index (κ2) is 10.1. The van der Waals surface area contributed by atoms with Crippen molar-refractivity contribution >= 4 is 0 Å². The van der Waals surface area contributed by atoms with Gasteiger partial charge in [-0.15, -0.1) is 0 Å². The van der Waals surface area contributed by atoms with Crippen LogP contribution >= 0.6 is 0 Å². The summed E-state index contributed by atoms with van der Waals surface area (Å²) in [7, 11) is 1.40. The number of nitrogens with two attached hydrogens (primary N) is 1. The molecule has 2 fully saturated rings. The summed E-state index contributed by atoms with van der Waals surface area (Å²) in [6, 6.07) is 0. The topological polar surface area (TPSA) is 225 Å². The van der Waals surface area contributed by atoms with Crippen LogP contribution in [-0.2, 0) is 19.0 Å². The van der Waals surface area contributed by atoms with Crippen molar-refractivity contribution in [2.75, 3.05) is 26.9 Å².